The molecule has 116 valence electrons. The lowest BCUT2D eigenvalue weighted by molar-refractivity contribution is -0.126. The molecule has 1 fully saturated rings. The molecule has 2 aromatic heterocycles. The average Bonchev–Trinajstić information content (AvgIpc) is 3.21. The van der Waals surface area contributed by atoms with Crippen LogP contribution in [0.5, 0.6) is 0 Å². The van der Waals surface area contributed by atoms with Crippen molar-refractivity contribution in [2.45, 2.75) is 17.3 Å². The third-order valence-corrected chi connectivity index (χ3v) is 4.45. The van der Waals surface area contributed by atoms with Crippen LogP contribution in [0.4, 0.5) is 4.79 Å². The van der Waals surface area contributed by atoms with Crippen LogP contribution in [0.1, 0.15) is 6.92 Å². The first kappa shape index (κ1) is 14.6. The van der Waals surface area contributed by atoms with E-state index in [1.807, 2.05) is 0 Å². The molecular formula is C13H15N5O3S. The van der Waals surface area contributed by atoms with Gasteiger partial charge in [-0.1, -0.05) is 11.8 Å². The second-order valence-electron chi connectivity index (χ2n) is 4.82. The van der Waals surface area contributed by atoms with Crippen molar-refractivity contribution in [3.63, 3.8) is 0 Å². The number of carbonyl (C=O) groups excluding carboxylic acids is 2. The molecule has 0 aliphatic carbocycles. The van der Waals surface area contributed by atoms with E-state index in [4.69, 9.17) is 4.42 Å². The molecule has 22 heavy (non-hydrogen) atoms. The minimum atomic E-state index is -0.434. The monoisotopic (exact) mass is 321 g/mol. The highest BCUT2D eigenvalue weighted by molar-refractivity contribution is 8.00. The average molecular weight is 321 g/mol. The van der Waals surface area contributed by atoms with Crippen molar-refractivity contribution < 1.29 is 14.0 Å². The third-order valence-electron chi connectivity index (χ3n) is 3.33. The Morgan fingerprint density at radius 1 is 1.50 bits per heavy atom. The number of nitrogens with one attached hydrogen (secondary N) is 1. The SMILES string of the molecule is CC(Sc1nnc(-c2ccco2)n1C)C(=O)N1CCNC1=O. The van der Waals surface area contributed by atoms with Gasteiger partial charge in [0.25, 0.3) is 0 Å². The summed E-state index contributed by atoms with van der Waals surface area (Å²) in [6.07, 6.45) is 1.56. The molecule has 0 bridgehead atoms. The Kier molecular flexibility index (Phi) is 3.88. The van der Waals surface area contributed by atoms with Gasteiger partial charge in [0, 0.05) is 20.1 Å². The van der Waals surface area contributed by atoms with Crippen LogP contribution in [0.15, 0.2) is 28.0 Å². The fourth-order valence-corrected chi connectivity index (χ4v) is 3.02. The van der Waals surface area contributed by atoms with E-state index >= 15 is 0 Å². The molecule has 3 amide bonds. The molecule has 8 nitrogen and oxygen atoms in total. The number of urea groups is 1. The molecule has 1 saturated heterocycles. The Morgan fingerprint density at radius 3 is 2.95 bits per heavy atom. The molecule has 0 radical (unpaired) electrons. The maximum atomic E-state index is 12.3. The molecule has 2 aromatic rings. The number of hydrogen-bond donors (Lipinski definition) is 1. The van der Waals surface area contributed by atoms with E-state index in [1.54, 1.807) is 36.9 Å². The Balaban J connectivity index is 1.73. The zero-order chi connectivity index (χ0) is 15.7. The summed E-state index contributed by atoms with van der Waals surface area (Å²) in [6.45, 7) is 2.65. The number of amides is 3. The highest BCUT2D eigenvalue weighted by atomic mass is 32.2. The molecule has 3 rings (SSSR count). The molecule has 0 aromatic carbocycles. The van der Waals surface area contributed by atoms with E-state index in [2.05, 4.69) is 15.5 Å². The van der Waals surface area contributed by atoms with Gasteiger partial charge in [-0.2, -0.15) is 0 Å². The van der Waals surface area contributed by atoms with Crippen LogP contribution in [0.25, 0.3) is 11.6 Å². The molecule has 1 unspecified atom stereocenters. The van der Waals surface area contributed by atoms with E-state index in [9.17, 15) is 9.59 Å². The summed E-state index contributed by atoms with van der Waals surface area (Å²) in [4.78, 5) is 25.0. The van der Waals surface area contributed by atoms with Gasteiger partial charge in [-0.15, -0.1) is 10.2 Å². The third kappa shape index (κ3) is 2.59. The van der Waals surface area contributed by atoms with Gasteiger partial charge in [0.05, 0.1) is 11.5 Å². The summed E-state index contributed by atoms with van der Waals surface area (Å²) in [5.41, 5.74) is 0. The van der Waals surface area contributed by atoms with Gasteiger partial charge in [0.2, 0.25) is 5.91 Å². The summed E-state index contributed by atoms with van der Waals surface area (Å²) >= 11 is 1.26. The van der Waals surface area contributed by atoms with Crippen molar-refractivity contribution in [3.05, 3.63) is 18.4 Å². The number of thioether (sulfide) groups is 1. The van der Waals surface area contributed by atoms with E-state index in [-0.39, 0.29) is 11.9 Å². The quantitative estimate of drug-likeness (QED) is 0.848. The predicted octanol–water partition coefficient (Wildman–Crippen LogP) is 1.11. The number of hydrogen-bond acceptors (Lipinski definition) is 6. The molecule has 0 saturated carbocycles. The Morgan fingerprint density at radius 2 is 2.32 bits per heavy atom. The maximum Gasteiger partial charge on any atom is 0.324 e. The van der Waals surface area contributed by atoms with Crippen LogP contribution in [0.2, 0.25) is 0 Å². The van der Waals surface area contributed by atoms with Crippen LogP contribution in [0, 0.1) is 0 Å². The minimum absolute atomic E-state index is 0.234. The van der Waals surface area contributed by atoms with Crippen molar-refractivity contribution in [1.29, 1.82) is 0 Å². The summed E-state index contributed by atoms with van der Waals surface area (Å²) < 4.78 is 7.06. The molecule has 3 heterocycles. The lowest BCUT2D eigenvalue weighted by Crippen LogP contribution is -2.39. The van der Waals surface area contributed by atoms with Crippen LogP contribution in [0.3, 0.4) is 0 Å². The van der Waals surface area contributed by atoms with E-state index in [1.165, 1.54) is 16.7 Å². The van der Waals surface area contributed by atoms with Gasteiger partial charge in [-0.3, -0.25) is 9.69 Å². The van der Waals surface area contributed by atoms with Gasteiger partial charge in [-0.25, -0.2) is 4.79 Å². The summed E-state index contributed by atoms with van der Waals surface area (Å²) in [6, 6.07) is 3.23. The van der Waals surface area contributed by atoms with Gasteiger partial charge in [0.15, 0.2) is 16.7 Å². The zero-order valence-electron chi connectivity index (χ0n) is 12.1. The Hall–Kier alpha value is -2.29. The normalized spacial score (nSPS) is 15.9. The van der Waals surface area contributed by atoms with Crippen molar-refractivity contribution in [1.82, 2.24) is 25.0 Å². The van der Waals surface area contributed by atoms with Gasteiger partial charge >= 0.3 is 6.03 Å². The van der Waals surface area contributed by atoms with E-state index in [0.29, 0.717) is 29.8 Å². The lowest BCUT2D eigenvalue weighted by Gasteiger charge is -2.16. The topological polar surface area (TPSA) is 93.3 Å². The highest BCUT2D eigenvalue weighted by Gasteiger charge is 2.31. The van der Waals surface area contributed by atoms with Crippen LogP contribution in [-0.2, 0) is 11.8 Å². The van der Waals surface area contributed by atoms with Crippen LogP contribution >= 0.6 is 11.8 Å². The molecule has 1 N–H and O–H groups in total. The van der Waals surface area contributed by atoms with Crippen molar-refractivity contribution in [3.8, 4) is 11.6 Å². The molecule has 1 aliphatic rings. The Labute approximate surface area is 130 Å². The number of imide groups is 1. The fraction of sp³-hybridized carbons (Fsp3) is 0.385. The second kappa shape index (κ2) is 5.84. The fourth-order valence-electron chi connectivity index (χ4n) is 2.15. The Bertz CT molecular complexity index is 697. The van der Waals surface area contributed by atoms with Crippen molar-refractivity contribution >= 4 is 23.7 Å². The number of aromatic nitrogens is 3. The summed E-state index contributed by atoms with van der Waals surface area (Å²) in [7, 11) is 1.81. The van der Waals surface area contributed by atoms with Crippen molar-refractivity contribution in [2.75, 3.05) is 13.1 Å². The van der Waals surface area contributed by atoms with Gasteiger partial charge < -0.3 is 14.3 Å². The standard InChI is InChI=1S/C13H15N5O3S/c1-8(11(19)18-6-5-14-12(18)20)22-13-16-15-10(17(13)2)9-4-3-7-21-9/h3-4,7-8H,5-6H2,1-2H3,(H,14,20). The highest BCUT2D eigenvalue weighted by Crippen LogP contribution is 2.26. The smallest absolute Gasteiger partial charge is 0.324 e. The zero-order valence-corrected chi connectivity index (χ0v) is 13.0. The first-order valence-electron chi connectivity index (χ1n) is 6.77. The molecule has 0 spiro atoms. The van der Waals surface area contributed by atoms with Gasteiger partial charge in [-0.05, 0) is 19.1 Å². The van der Waals surface area contributed by atoms with Crippen LogP contribution < -0.4 is 5.32 Å². The van der Waals surface area contributed by atoms with Gasteiger partial charge in [0.1, 0.15) is 0 Å². The molecule has 9 heteroatoms. The minimum Gasteiger partial charge on any atom is -0.461 e. The van der Waals surface area contributed by atoms with E-state index < -0.39 is 5.25 Å². The molecule has 1 atom stereocenters. The first-order valence-corrected chi connectivity index (χ1v) is 7.65. The number of rotatable bonds is 4. The van der Waals surface area contributed by atoms with Crippen molar-refractivity contribution in [2.24, 2.45) is 7.05 Å². The van der Waals surface area contributed by atoms with Crippen LogP contribution in [-0.4, -0.2) is 49.9 Å². The number of furan rings is 1. The summed E-state index contributed by atoms with van der Waals surface area (Å²) in [5.74, 6) is 0.966. The molecular weight excluding hydrogens is 306 g/mol. The largest absolute Gasteiger partial charge is 0.461 e. The number of nitrogens with zero attached hydrogens (tertiary/aromatic N) is 4. The maximum absolute atomic E-state index is 12.3. The molecule has 1 aliphatic heterocycles. The first-order chi connectivity index (χ1) is 10.6. The lowest BCUT2D eigenvalue weighted by atomic mass is 10.4. The number of carbonyl (C=O) groups is 2. The second-order valence-corrected chi connectivity index (χ2v) is 6.13. The summed E-state index contributed by atoms with van der Waals surface area (Å²) in [5, 5.41) is 10.9. The predicted molar refractivity (Wildman–Crippen MR) is 79.1 cm³/mol. The van der Waals surface area contributed by atoms with E-state index in [0.717, 1.165) is 0 Å².